The predicted molar refractivity (Wildman–Crippen MR) is 115 cm³/mol. The molecule has 1 aliphatic heterocycles. The molecular formula is C19H39N3O3Si2. The third-order valence-electron chi connectivity index (χ3n) is 6.38. The summed E-state index contributed by atoms with van der Waals surface area (Å²) in [5, 5.41) is 0.225. The van der Waals surface area contributed by atoms with Crippen molar-refractivity contribution < 1.29 is 18.4 Å². The molecule has 0 bridgehead atoms. The molecule has 0 saturated carbocycles. The Morgan fingerprint density at radius 2 is 1.37 bits per heavy atom. The molecule has 0 radical (unpaired) electrons. The van der Waals surface area contributed by atoms with E-state index in [0.29, 0.717) is 13.1 Å². The predicted octanol–water partition coefficient (Wildman–Crippen LogP) is 3.95. The fourth-order valence-electron chi connectivity index (χ4n) is 2.61. The van der Waals surface area contributed by atoms with Crippen LogP contribution in [0.2, 0.25) is 36.3 Å². The normalized spacial score (nSPS) is 22.6. The van der Waals surface area contributed by atoms with Crippen LogP contribution in [0.1, 0.15) is 41.5 Å². The number of Topliss-reactive ketones (excluding diaryl/α,β-unsaturated/α-hetero) is 1. The van der Waals surface area contributed by atoms with E-state index in [1.807, 2.05) is 0 Å². The molecule has 6 nitrogen and oxygen atoms in total. The van der Waals surface area contributed by atoms with Gasteiger partial charge in [-0.3, -0.25) is 9.69 Å². The molecule has 0 aliphatic carbocycles. The maximum atomic E-state index is 11.9. The fraction of sp³-hybridized carbons (Fsp3) is 0.895. The number of carbonyl (C=O) groups is 1. The van der Waals surface area contributed by atoms with Crippen LogP contribution in [0.3, 0.4) is 0 Å². The lowest BCUT2D eigenvalue weighted by atomic mass is 10.2. The summed E-state index contributed by atoms with van der Waals surface area (Å²) >= 11 is 0. The van der Waals surface area contributed by atoms with E-state index in [0.717, 1.165) is 6.21 Å². The Kier molecular flexibility index (Phi) is 7.58. The van der Waals surface area contributed by atoms with Crippen LogP contribution < -0.4 is 0 Å². The topological polar surface area (TPSA) is 75.2 Å². The van der Waals surface area contributed by atoms with E-state index in [1.54, 1.807) is 0 Å². The molecule has 8 heteroatoms. The van der Waals surface area contributed by atoms with Crippen LogP contribution in [0.4, 0.5) is 0 Å². The monoisotopic (exact) mass is 413 g/mol. The van der Waals surface area contributed by atoms with Crippen LogP contribution in [0.25, 0.3) is 5.53 Å². The average molecular weight is 414 g/mol. The quantitative estimate of drug-likeness (QED) is 0.274. The van der Waals surface area contributed by atoms with E-state index in [9.17, 15) is 4.79 Å². The fourth-order valence-corrected chi connectivity index (χ4v) is 5.28. The van der Waals surface area contributed by atoms with E-state index >= 15 is 0 Å². The molecule has 1 fully saturated rings. The molecule has 156 valence electrons. The maximum absolute atomic E-state index is 11.9. The minimum Gasteiger partial charge on any atom is -0.410 e. The zero-order valence-corrected chi connectivity index (χ0v) is 20.9. The van der Waals surface area contributed by atoms with Crippen molar-refractivity contribution in [2.24, 2.45) is 0 Å². The van der Waals surface area contributed by atoms with Gasteiger partial charge in [0.2, 0.25) is 5.78 Å². The standard InChI is InChI=1S/C19H39N3O3Si2/c1-18(2,3)26(7,8)24-16-13-22(12-15(23)11-21-20)14-17(16)25-27(9,10)19(4,5)6/h11,16-17H,12-14H2,1-10H3/t16-,17-/m0/s1. The second-order valence-corrected chi connectivity index (χ2v) is 20.3. The lowest BCUT2D eigenvalue weighted by Crippen LogP contribution is -2.51. The van der Waals surface area contributed by atoms with Gasteiger partial charge in [-0.2, -0.15) is 4.79 Å². The first-order chi connectivity index (χ1) is 12.0. The highest BCUT2D eigenvalue weighted by atomic mass is 28.4. The minimum atomic E-state index is -1.96. The van der Waals surface area contributed by atoms with Crippen molar-refractivity contribution in [2.45, 2.75) is 90.0 Å². The number of likely N-dealkylation sites (tertiary alicyclic amines) is 1. The Labute approximate surface area is 167 Å². The van der Waals surface area contributed by atoms with E-state index < -0.39 is 16.6 Å². The van der Waals surface area contributed by atoms with Crippen LogP contribution in [0.15, 0.2) is 0 Å². The Morgan fingerprint density at radius 3 is 1.67 bits per heavy atom. The highest BCUT2D eigenvalue weighted by Gasteiger charge is 2.47. The van der Waals surface area contributed by atoms with Crippen LogP contribution >= 0.6 is 0 Å². The van der Waals surface area contributed by atoms with Gasteiger partial charge in [0.1, 0.15) is 0 Å². The zero-order valence-electron chi connectivity index (χ0n) is 18.9. The highest BCUT2D eigenvalue weighted by molar-refractivity contribution is 6.74. The van der Waals surface area contributed by atoms with Gasteiger partial charge in [-0.15, -0.1) is 0 Å². The summed E-state index contributed by atoms with van der Waals surface area (Å²) in [4.78, 5) is 16.8. The molecule has 0 amide bonds. The van der Waals surface area contributed by atoms with Crippen molar-refractivity contribution >= 4 is 28.6 Å². The molecular weight excluding hydrogens is 374 g/mol. The third-order valence-corrected chi connectivity index (χ3v) is 15.4. The van der Waals surface area contributed by atoms with Gasteiger partial charge in [-0.05, 0) is 36.3 Å². The lowest BCUT2D eigenvalue weighted by molar-refractivity contribution is -0.117. The van der Waals surface area contributed by atoms with Gasteiger partial charge in [0.25, 0.3) is 0 Å². The molecule has 1 rings (SSSR count). The van der Waals surface area contributed by atoms with E-state index in [-0.39, 0.29) is 34.6 Å². The number of nitrogens with zero attached hydrogens (tertiary/aromatic N) is 3. The van der Waals surface area contributed by atoms with Crippen molar-refractivity contribution in [2.75, 3.05) is 19.6 Å². The first-order valence-electron chi connectivity index (χ1n) is 9.78. The van der Waals surface area contributed by atoms with E-state index in [2.05, 4.69) is 77.4 Å². The highest BCUT2D eigenvalue weighted by Crippen LogP contribution is 2.41. The molecule has 0 N–H and O–H groups in total. The molecule has 0 aromatic rings. The molecule has 0 aromatic carbocycles. The zero-order chi connectivity index (χ0) is 21.3. The first-order valence-corrected chi connectivity index (χ1v) is 15.6. The summed E-state index contributed by atoms with van der Waals surface area (Å²) in [7, 11) is -3.92. The number of hydrogen-bond acceptors (Lipinski definition) is 4. The van der Waals surface area contributed by atoms with Gasteiger partial charge in [0.05, 0.1) is 18.8 Å². The van der Waals surface area contributed by atoms with Gasteiger partial charge in [-0.1, -0.05) is 41.5 Å². The van der Waals surface area contributed by atoms with Crippen molar-refractivity contribution in [3.63, 3.8) is 0 Å². The van der Waals surface area contributed by atoms with Gasteiger partial charge in [0, 0.05) is 13.1 Å². The van der Waals surface area contributed by atoms with Crippen LogP contribution in [-0.4, -0.2) is 70.2 Å². The molecule has 0 unspecified atom stereocenters. The van der Waals surface area contributed by atoms with Gasteiger partial charge >= 0.3 is 6.21 Å². The van der Waals surface area contributed by atoms with Crippen LogP contribution in [-0.2, 0) is 13.6 Å². The van der Waals surface area contributed by atoms with Crippen molar-refractivity contribution in [1.29, 1.82) is 0 Å². The van der Waals surface area contributed by atoms with E-state index in [4.69, 9.17) is 14.4 Å². The number of carbonyl (C=O) groups excluding carboxylic acids is 1. The SMILES string of the molecule is CC(C)(C)[Si](C)(C)O[C@H]1CN(CC(=O)C=[N+]=[N-])C[C@@H]1O[Si](C)(C)C(C)(C)C. The van der Waals surface area contributed by atoms with Crippen molar-refractivity contribution in [3.8, 4) is 0 Å². The average Bonchev–Trinajstić information content (AvgIpc) is 2.76. The Hall–Kier alpha value is -0.636. The molecule has 1 heterocycles. The van der Waals surface area contributed by atoms with Gasteiger partial charge < -0.3 is 14.4 Å². The molecule has 27 heavy (non-hydrogen) atoms. The second kappa shape index (κ2) is 8.39. The second-order valence-electron chi connectivity index (χ2n) is 10.7. The van der Waals surface area contributed by atoms with Crippen LogP contribution in [0, 0.1) is 0 Å². The van der Waals surface area contributed by atoms with E-state index in [1.165, 1.54) is 0 Å². The Balaban J connectivity index is 3.03. The summed E-state index contributed by atoms with van der Waals surface area (Å²) in [5.74, 6) is -0.212. The van der Waals surface area contributed by atoms with Gasteiger partial charge in [0.15, 0.2) is 16.6 Å². The molecule has 0 spiro atoms. The Morgan fingerprint density at radius 1 is 1.00 bits per heavy atom. The largest absolute Gasteiger partial charge is 0.410 e. The molecule has 1 aliphatic rings. The smallest absolute Gasteiger partial charge is 0.324 e. The Bertz CT molecular complexity index is 552. The summed E-state index contributed by atoms with van der Waals surface area (Å²) in [6.07, 6.45) is 0.879. The molecule has 0 aromatic heterocycles. The van der Waals surface area contributed by atoms with Crippen LogP contribution in [0.5, 0.6) is 0 Å². The summed E-state index contributed by atoms with van der Waals surface area (Å²) < 4.78 is 13.4. The molecule has 1 saturated heterocycles. The number of hydrogen-bond donors (Lipinski definition) is 0. The number of rotatable bonds is 7. The maximum Gasteiger partial charge on any atom is 0.324 e. The van der Waals surface area contributed by atoms with Gasteiger partial charge in [-0.25, -0.2) is 0 Å². The van der Waals surface area contributed by atoms with Crippen molar-refractivity contribution in [1.82, 2.24) is 4.90 Å². The first kappa shape index (κ1) is 24.4. The van der Waals surface area contributed by atoms with Crippen molar-refractivity contribution in [3.05, 3.63) is 5.53 Å². The summed E-state index contributed by atoms with van der Waals surface area (Å²) in [5.41, 5.74) is 8.59. The third kappa shape index (κ3) is 6.44. The lowest BCUT2D eigenvalue weighted by Gasteiger charge is -2.43. The summed E-state index contributed by atoms with van der Waals surface area (Å²) in [6, 6.07) is 0. The minimum absolute atomic E-state index is 0.0427. The summed E-state index contributed by atoms with van der Waals surface area (Å²) in [6.45, 7) is 24.0. The number of ketones is 1. The molecule has 2 atom stereocenters.